The van der Waals surface area contributed by atoms with Crippen LogP contribution in [0.1, 0.15) is 65.2 Å². The van der Waals surface area contributed by atoms with Gasteiger partial charge in [-0.15, -0.1) is 0 Å². The van der Waals surface area contributed by atoms with Crippen LogP contribution in [0.25, 0.3) is 0 Å². The molecule has 1 unspecified atom stereocenters. The minimum Gasteiger partial charge on any atom is -0.481 e. The molecule has 1 fully saturated rings. The fourth-order valence-corrected chi connectivity index (χ4v) is 3.07. The zero-order valence-corrected chi connectivity index (χ0v) is 13.7. The molecule has 0 amide bonds. The van der Waals surface area contributed by atoms with Crippen molar-refractivity contribution in [3.05, 3.63) is 23.8 Å². The Labute approximate surface area is 132 Å². The summed E-state index contributed by atoms with van der Waals surface area (Å²) in [6, 6.07) is 0. The van der Waals surface area contributed by atoms with E-state index in [2.05, 4.69) is 6.92 Å². The van der Waals surface area contributed by atoms with Crippen LogP contribution < -0.4 is 0 Å². The van der Waals surface area contributed by atoms with Crippen LogP contribution in [0.4, 0.5) is 0 Å². The van der Waals surface area contributed by atoms with E-state index in [1.165, 1.54) is 70.1 Å². The van der Waals surface area contributed by atoms with Gasteiger partial charge in [-0.2, -0.15) is 0 Å². The van der Waals surface area contributed by atoms with E-state index in [4.69, 9.17) is 10.2 Å². The van der Waals surface area contributed by atoms with Gasteiger partial charge in [-0.1, -0.05) is 70.1 Å². The number of hydrogen-bond acceptors (Lipinski definition) is 2. The van der Waals surface area contributed by atoms with Crippen LogP contribution in [0.15, 0.2) is 23.8 Å². The van der Waals surface area contributed by atoms with Crippen molar-refractivity contribution in [3.63, 3.8) is 0 Å². The molecule has 0 aromatic carbocycles. The van der Waals surface area contributed by atoms with E-state index in [0.717, 1.165) is 5.92 Å². The number of rotatable bonds is 4. The van der Waals surface area contributed by atoms with E-state index >= 15 is 0 Å². The quantitative estimate of drug-likeness (QED) is 0.806. The molecule has 4 nitrogen and oxygen atoms in total. The molecule has 0 aliphatic heterocycles. The Morgan fingerprint density at radius 3 is 2.36 bits per heavy atom. The normalized spacial score (nSPS) is 24.9. The summed E-state index contributed by atoms with van der Waals surface area (Å²) in [6.07, 6.45) is 14.9. The minimum absolute atomic E-state index is 0.0359. The number of allylic oxidation sites excluding steroid dienone is 2. The first-order valence-electron chi connectivity index (χ1n) is 8.24. The summed E-state index contributed by atoms with van der Waals surface area (Å²) in [5.41, 5.74) is -0.949. The lowest BCUT2D eigenvalue weighted by atomic mass is 9.80. The first-order valence-corrected chi connectivity index (χ1v) is 8.24. The molecule has 1 atom stereocenters. The molecule has 124 valence electrons. The van der Waals surface area contributed by atoms with Crippen LogP contribution in [0, 0.1) is 11.3 Å². The summed E-state index contributed by atoms with van der Waals surface area (Å²) in [6.45, 7) is 3.80. The number of carbonyl (C=O) groups is 2. The van der Waals surface area contributed by atoms with Crippen LogP contribution in [0.5, 0.6) is 0 Å². The average Bonchev–Trinajstić information content (AvgIpc) is 2.49. The average molecular weight is 308 g/mol. The summed E-state index contributed by atoms with van der Waals surface area (Å²) in [5.74, 6) is -0.962. The molecule has 0 aromatic rings. The van der Waals surface area contributed by atoms with Gasteiger partial charge in [0.2, 0.25) is 0 Å². The molecule has 4 heteroatoms. The molecular weight excluding hydrogens is 280 g/mol. The summed E-state index contributed by atoms with van der Waals surface area (Å²) in [5, 5.41) is 17.5. The van der Waals surface area contributed by atoms with Gasteiger partial charge in [0.25, 0.3) is 0 Å². The Kier molecular flexibility index (Phi) is 7.36. The van der Waals surface area contributed by atoms with Crippen molar-refractivity contribution in [1.82, 2.24) is 0 Å². The number of carboxylic acid groups (broad SMARTS) is 2. The summed E-state index contributed by atoms with van der Waals surface area (Å²) < 4.78 is 0. The van der Waals surface area contributed by atoms with Gasteiger partial charge in [-0.05, 0) is 19.3 Å². The molecular formula is C18H28O4. The maximum Gasteiger partial charge on any atom is 0.331 e. The first kappa shape index (κ1) is 18.5. The Balaban J connectivity index is 0.000000235. The lowest BCUT2D eigenvalue weighted by Crippen LogP contribution is -2.28. The Morgan fingerprint density at radius 1 is 1.23 bits per heavy atom. The maximum absolute atomic E-state index is 10.8. The highest BCUT2D eigenvalue weighted by atomic mass is 16.4. The van der Waals surface area contributed by atoms with Crippen molar-refractivity contribution >= 4 is 11.9 Å². The monoisotopic (exact) mass is 308 g/mol. The molecule has 0 aromatic heterocycles. The van der Waals surface area contributed by atoms with Crippen LogP contribution in [-0.4, -0.2) is 22.2 Å². The van der Waals surface area contributed by atoms with Crippen molar-refractivity contribution in [2.45, 2.75) is 65.2 Å². The second-order valence-electron chi connectivity index (χ2n) is 6.55. The largest absolute Gasteiger partial charge is 0.481 e. The van der Waals surface area contributed by atoms with Crippen LogP contribution in [0.2, 0.25) is 0 Å². The van der Waals surface area contributed by atoms with Crippen LogP contribution in [-0.2, 0) is 9.59 Å². The molecule has 0 heterocycles. The van der Waals surface area contributed by atoms with E-state index in [1.54, 1.807) is 0 Å². The Hall–Kier alpha value is -1.58. The van der Waals surface area contributed by atoms with Gasteiger partial charge in [-0.25, -0.2) is 4.79 Å². The second-order valence-corrected chi connectivity index (χ2v) is 6.55. The predicted octanol–water partition coefficient (Wildman–Crippen LogP) is 4.42. The number of hydrogen-bond donors (Lipinski definition) is 2. The van der Waals surface area contributed by atoms with E-state index in [0.29, 0.717) is 0 Å². The van der Waals surface area contributed by atoms with E-state index in [9.17, 15) is 9.59 Å². The highest BCUT2D eigenvalue weighted by Gasteiger charge is 2.34. The molecule has 0 saturated heterocycles. The topological polar surface area (TPSA) is 74.6 Å². The smallest absolute Gasteiger partial charge is 0.331 e. The van der Waals surface area contributed by atoms with Crippen LogP contribution >= 0.6 is 0 Å². The lowest BCUT2D eigenvalue weighted by molar-refractivity contribution is -0.145. The van der Waals surface area contributed by atoms with Crippen molar-refractivity contribution in [2.75, 3.05) is 0 Å². The SMILES string of the molecule is CC1(C(=O)O)C=CC=C(C(=O)O)C1.CCCC1CCCCC1. The summed E-state index contributed by atoms with van der Waals surface area (Å²) in [4.78, 5) is 21.3. The van der Waals surface area contributed by atoms with E-state index in [1.807, 2.05) is 0 Å². The van der Waals surface area contributed by atoms with Gasteiger partial charge in [0.05, 0.1) is 5.41 Å². The molecule has 2 N–H and O–H groups in total. The molecule has 2 aliphatic carbocycles. The molecule has 2 aliphatic rings. The molecule has 0 radical (unpaired) electrons. The van der Waals surface area contributed by atoms with Crippen molar-refractivity contribution < 1.29 is 19.8 Å². The van der Waals surface area contributed by atoms with Gasteiger partial charge < -0.3 is 10.2 Å². The van der Waals surface area contributed by atoms with Crippen molar-refractivity contribution in [1.29, 1.82) is 0 Å². The highest BCUT2D eigenvalue weighted by Crippen LogP contribution is 2.31. The molecule has 1 saturated carbocycles. The maximum atomic E-state index is 10.8. The third-order valence-corrected chi connectivity index (χ3v) is 4.50. The number of carboxylic acids is 2. The van der Waals surface area contributed by atoms with E-state index < -0.39 is 17.4 Å². The van der Waals surface area contributed by atoms with Gasteiger partial charge in [0, 0.05) is 5.57 Å². The van der Waals surface area contributed by atoms with Gasteiger partial charge in [-0.3, -0.25) is 4.79 Å². The fourth-order valence-electron chi connectivity index (χ4n) is 3.07. The lowest BCUT2D eigenvalue weighted by Gasteiger charge is -2.23. The molecule has 0 spiro atoms. The van der Waals surface area contributed by atoms with Crippen LogP contribution in [0.3, 0.4) is 0 Å². The zero-order valence-electron chi connectivity index (χ0n) is 13.7. The van der Waals surface area contributed by atoms with Gasteiger partial charge in [0.1, 0.15) is 0 Å². The minimum atomic E-state index is -1.08. The van der Waals surface area contributed by atoms with Gasteiger partial charge >= 0.3 is 11.9 Å². The molecule has 2 rings (SSSR count). The fraction of sp³-hybridized carbons (Fsp3) is 0.667. The van der Waals surface area contributed by atoms with E-state index in [-0.39, 0.29) is 12.0 Å². The highest BCUT2D eigenvalue weighted by molar-refractivity contribution is 5.90. The third kappa shape index (κ3) is 5.66. The summed E-state index contributed by atoms with van der Waals surface area (Å²) >= 11 is 0. The molecule has 22 heavy (non-hydrogen) atoms. The first-order chi connectivity index (χ1) is 10.4. The van der Waals surface area contributed by atoms with Crippen molar-refractivity contribution in [2.24, 2.45) is 11.3 Å². The second kappa shape index (κ2) is 8.76. The van der Waals surface area contributed by atoms with Gasteiger partial charge in [0.15, 0.2) is 0 Å². The Morgan fingerprint density at radius 2 is 1.86 bits per heavy atom. The standard InChI is InChI=1S/C9H10O4.C9H18/c1-9(8(12)13)4-2-3-6(5-9)7(10)11;1-2-6-9-7-4-3-5-8-9/h2-4H,5H2,1H3,(H,10,11)(H,12,13);9H,2-8H2,1H3. The molecule has 0 bridgehead atoms. The van der Waals surface area contributed by atoms with Crippen molar-refractivity contribution in [3.8, 4) is 0 Å². The summed E-state index contributed by atoms with van der Waals surface area (Å²) in [7, 11) is 0. The zero-order chi connectivity index (χ0) is 16.6. The predicted molar refractivity (Wildman–Crippen MR) is 86.7 cm³/mol. The third-order valence-electron chi connectivity index (χ3n) is 4.50. The Bertz CT molecular complexity index is 441. The number of aliphatic carboxylic acids is 2.